The quantitative estimate of drug-likeness (QED) is 0.906. The number of fused-ring (bicyclic) bond motifs is 1. The highest BCUT2D eigenvalue weighted by atomic mass is 19.4. The van der Waals surface area contributed by atoms with Crippen LogP contribution in [0.15, 0.2) is 28.8 Å². The van der Waals surface area contributed by atoms with Crippen LogP contribution in [-0.2, 0) is 19.0 Å². The van der Waals surface area contributed by atoms with E-state index < -0.39 is 17.6 Å². The summed E-state index contributed by atoms with van der Waals surface area (Å²) in [6, 6.07) is 4.86. The molecule has 0 aliphatic heterocycles. The summed E-state index contributed by atoms with van der Waals surface area (Å²) < 4.78 is 44.1. The standard InChI is InChI=1S/C16H15F3N2O2/c1-9-6-7-13-10(8-9)14(21-23-13)15(22)20-12-5-3-2-4-11(12)16(17,18)19/h2-5,9H,6-8H2,1H3,(H,20,22)/t9-/m0/s1. The van der Waals surface area contributed by atoms with Crippen LogP contribution in [0.2, 0.25) is 0 Å². The van der Waals surface area contributed by atoms with Crippen LogP contribution < -0.4 is 5.32 Å². The van der Waals surface area contributed by atoms with E-state index in [2.05, 4.69) is 17.4 Å². The Morgan fingerprint density at radius 1 is 1.35 bits per heavy atom. The molecular formula is C16H15F3N2O2. The molecule has 1 amide bonds. The van der Waals surface area contributed by atoms with Gasteiger partial charge in [0.1, 0.15) is 5.76 Å². The van der Waals surface area contributed by atoms with Gasteiger partial charge in [-0.15, -0.1) is 0 Å². The van der Waals surface area contributed by atoms with Crippen molar-refractivity contribution in [3.05, 3.63) is 46.8 Å². The topological polar surface area (TPSA) is 55.1 Å². The SMILES string of the molecule is C[C@H]1CCc2onc(C(=O)Nc3ccccc3C(F)(F)F)c2C1. The smallest absolute Gasteiger partial charge is 0.360 e. The fraction of sp³-hybridized carbons (Fsp3) is 0.375. The van der Waals surface area contributed by atoms with Gasteiger partial charge in [0.25, 0.3) is 5.91 Å². The summed E-state index contributed by atoms with van der Waals surface area (Å²) in [7, 11) is 0. The molecule has 1 aliphatic rings. The molecule has 0 spiro atoms. The normalized spacial score (nSPS) is 17.7. The molecule has 4 nitrogen and oxygen atoms in total. The highest BCUT2D eigenvalue weighted by Gasteiger charge is 2.34. The third kappa shape index (κ3) is 3.09. The maximum absolute atomic E-state index is 13.0. The van der Waals surface area contributed by atoms with Gasteiger partial charge in [0.15, 0.2) is 5.69 Å². The van der Waals surface area contributed by atoms with E-state index >= 15 is 0 Å². The van der Waals surface area contributed by atoms with Gasteiger partial charge in [-0.2, -0.15) is 13.2 Å². The largest absolute Gasteiger partial charge is 0.418 e. The molecule has 23 heavy (non-hydrogen) atoms. The average Bonchev–Trinajstić information content (AvgIpc) is 2.89. The molecule has 2 aromatic rings. The summed E-state index contributed by atoms with van der Waals surface area (Å²) in [4.78, 5) is 12.3. The Kier molecular flexibility index (Phi) is 3.87. The van der Waals surface area contributed by atoms with Gasteiger partial charge in [0.05, 0.1) is 11.3 Å². The van der Waals surface area contributed by atoms with Crippen molar-refractivity contribution in [2.75, 3.05) is 5.32 Å². The summed E-state index contributed by atoms with van der Waals surface area (Å²) in [5.74, 6) is 0.356. The molecule has 1 aliphatic carbocycles. The van der Waals surface area contributed by atoms with Crippen LogP contribution in [0, 0.1) is 5.92 Å². The molecule has 0 saturated heterocycles. The van der Waals surface area contributed by atoms with E-state index in [0.717, 1.165) is 12.5 Å². The van der Waals surface area contributed by atoms with Crippen molar-refractivity contribution in [2.24, 2.45) is 5.92 Å². The van der Waals surface area contributed by atoms with Gasteiger partial charge in [0, 0.05) is 12.0 Å². The van der Waals surface area contributed by atoms with E-state index in [4.69, 9.17) is 4.52 Å². The lowest BCUT2D eigenvalue weighted by Gasteiger charge is -2.17. The first-order chi connectivity index (χ1) is 10.9. The highest BCUT2D eigenvalue weighted by molar-refractivity contribution is 6.04. The van der Waals surface area contributed by atoms with Crippen molar-refractivity contribution in [1.29, 1.82) is 0 Å². The first-order valence-corrected chi connectivity index (χ1v) is 7.31. The lowest BCUT2D eigenvalue weighted by atomic mass is 9.88. The van der Waals surface area contributed by atoms with Crippen LogP contribution in [0.4, 0.5) is 18.9 Å². The fourth-order valence-corrected chi connectivity index (χ4v) is 2.78. The maximum atomic E-state index is 13.0. The minimum atomic E-state index is -4.54. The number of alkyl halides is 3. The number of amides is 1. The zero-order valence-electron chi connectivity index (χ0n) is 12.4. The number of aryl methyl sites for hydroxylation is 1. The second-order valence-corrected chi connectivity index (χ2v) is 5.78. The molecule has 122 valence electrons. The molecule has 1 aromatic heterocycles. The third-order valence-corrected chi connectivity index (χ3v) is 3.98. The van der Waals surface area contributed by atoms with Gasteiger partial charge < -0.3 is 9.84 Å². The fourth-order valence-electron chi connectivity index (χ4n) is 2.78. The number of hydrogen-bond acceptors (Lipinski definition) is 3. The zero-order valence-corrected chi connectivity index (χ0v) is 12.4. The van der Waals surface area contributed by atoms with Crippen LogP contribution in [0.25, 0.3) is 0 Å². The number of nitrogens with one attached hydrogen (secondary N) is 1. The zero-order chi connectivity index (χ0) is 16.6. The van der Waals surface area contributed by atoms with Crippen LogP contribution in [0.5, 0.6) is 0 Å². The summed E-state index contributed by atoms with van der Waals surface area (Å²) in [5.41, 5.74) is -0.404. The van der Waals surface area contributed by atoms with E-state index in [0.29, 0.717) is 30.1 Å². The Balaban J connectivity index is 1.88. The molecule has 3 rings (SSSR count). The highest BCUT2D eigenvalue weighted by Crippen LogP contribution is 2.35. The summed E-state index contributed by atoms with van der Waals surface area (Å²) >= 11 is 0. The number of carbonyl (C=O) groups is 1. The van der Waals surface area contributed by atoms with Crippen molar-refractivity contribution in [2.45, 2.75) is 32.4 Å². The van der Waals surface area contributed by atoms with Gasteiger partial charge in [0.2, 0.25) is 0 Å². The van der Waals surface area contributed by atoms with E-state index in [-0.39, 0.29) is 11.4 Å². The molecular weight excluding hydrogens is 309 g/mol. The van der Waals surface area contributed by atoms with Crippen molar-refractivity contribution >= 4 is 11.6 Å². The molecule has 0 fully saturated rings. The lowest BCUT2D eigenvalue weighted by Crippen LogP contribution is -2.20. The third-order valence-electron chi connectivity index (χ3n) is 3.98. The summed E-state index contributed by atoms with van der Waals surface area (Å²) in [5, 5.41) is 6.05. The van der Waals surface area contributed by atoms with E-state index in [9.17, 15) is 18.0 Å². The van der Waals surface area contributed by atoms with Crippen LogP contribution in [0.3, 0.4) is 0 Å². The monoisotopic (exact) mass is 324 g/mol. The first-order valence-electron chi connectivity index (χ1n) is 7.31. The van der Waals surface area contributed by atoms with Gasteiger partial charge in [-0.1, -0.05) is 24.2 Å². The van der Waals surface area contributed by atoms with Gasteiger partial charge in [-0.3, -0.25) is 4.79 Å². The van der Waals surface area contributed by atoms with Crippen molar-refractivity contribution < 1.29 is 22.5 Å². The number of aromatic nitrogens is 1. The Morgan fingerprint density at radius 2 is 2.09 bits per heavy atom. The Hall–Kier alpha value is -2.31. The van der Waals surface area contributed by atoms with E-state index in [1.807, 2.05) is 0 Å². The molecule has 1 atom stereocenters. The maximum Gasteiger partial charge on any atom is 0.418 e. The molecule has 0 unspecified atom stereocenters. The number of carbonyl (C=O) groups excluding carboxylic acids is 1. The Labute approximate surface area is 130 Å². The summed E-state index contributed by atoms with van der Waals surface area (Å²) in [6.07, 6.45) is -2.26. The lowest BCUT2D eigenvalue weighted by molar-refractivity contribution is -0.136. The number of anilines is 1. The van der Waals surface area contributed by atoms with Crippen molar-refractivity contribution in [1.82, 2.24) is 5.16 Å². The van der Waals surface area contributed by atoms with Crippen molar-refractivity contribution in [3.8, 4) is 0 Å². The molecule has 7 heteroatoms. The second kappa shape index (κ2) is 5.72. The number of nitrogens with zero attached hydrogens (tertiary/aromatic N) is 1. The van der Waals surface area contributed by atoms with Crippen LogP contribution >= 0.6 is 0 Å². The Bertz CT molecular complexity index is 737. The predicted molar refractivity (Wildman–Crippen MR) is 77.1 cm³/mol. The average molecular weight is 324 g/mol. The number of para-hydroxylation sites is 1. The number of rotatable bonds is 2. The number of benzene rings is 1. The number of halogens is 3. The van der Waals surface area contributed by atoms with Gasteiger partial charge >= 0.3 is 6.18 Å². The van der Waals surface area contributed by atoms with Crippen LogP contribution in [0.1, 0.15) is 40.7 Å². The molecule has 0 saturated carbocycles. The minimum Gasteiger partial charge on any atom is -0.360 e. The molecule has 1 aromatic carbocycles. The number of hydrogen-bond donors (Lipinski definition) is 1. The second-order valence-electron chi connectivity index (χ2n) is 5.78. The van der Waals surface area contributed by atoms with Gasteiger partial charge in [-0.05, 0) is 30.9 Å². The van der Waals surface area contributed by atoms with E-state index in [1.165, 1.54) is 18.2 Å². The predicted octanol–water partition coefficient (Wildman–Crippen LogP) is 4.07. The first kappa shape index (κ1) is 15.6. The molecule has 0 radical (unpaired) electrons. The van der Waals surface area contributed by atoms with Gasteiger partial charge in [-0.25, -0.2) is 0 Å². The minimum absolute atomic E-state index is 0.0727. The molecule has 0 bridgehead atoms. The van der Waals surface area contributed by atoms with E-state index in [1.54, 1.807) is 0 Å². The molecule has 1 heterocycles. The summed E-state index contributed by atoms with van der Waals surface area (Å²) in [6.45, 7) is 2.05. The Morgan fingerprint density at radius 3 is 2.83 bits per heavy atom. The van der Waals surface area contributed by atoms with Crippen molar-refractivity contribution in [3.63, 3.8) is 0 Å². The molecule has 1 N–H and O–H groups in total. The van der Waals surface area contributed by atoms with Crippen LogP contribution in [-0.4, -0.2) is 11.1 Å².